The number of imidazole rings is 1. The third kappa shape index (κ3) is 4.84. The van der Waals surface area contributed by atoms with Crippen LogP contribution in [0.5, 0.6) is 0 Å². The molecule has 1 N–H and O–H groups in total. The van der Waals surface area contributed by atoms with Crippen molar-refractivity contribution in [2.75, 3.05) is 13.7 Å². The third-order valence-electron chi connectivity index (χ3n) is 6.38. The van der Waals surface area contributed by atoms with Gasteiger partial charge in [-0.3, -0.25) is 14.8 Å². The number of nitrogens with one attached hydrogen (secondary N) is 1. The predicted octanol–water partition coefficient (Wildman–Crippen LogP) is 4.57. The maximum absolute atomic E-state index is 13.0. The van der Waals surface area contributed by atoms with E-state index in [1.54, 1.807) is 13.3 Å². The van der Waals surface area contributed by atoms with Crippen molar-refractivity contribution < 1.29 is 9.53 Å². The molecule has 0 radical (unpaired) electrons. The summed E-state index contributed by atoms with van der Waals surface area (Å²) in [5.74, 6) is 0.429. The first-order chi connectivity index (χ1) is 16.6. The van der Waals surface area contributed by atoms with Crippen molar-refractivity contribution in [3.8, 4) is 11.1 Å². The second-order valence-corrected chi connectivity index (χ2v) is 9.03. The van der Waals surface area contributed by atoms with Gasteiger partial charge < -0.3 is 14.6 Å². The highest BCUT2D eigenvalue weighted by Gasteiger charge is 2.25. The number of carbonyl (C=O) groups excluding carboxylic acids is 1. The fraction of sp³-hybridized carbons (Fsp3) is 0.333. The van der Waals surface area contributed by atoms with E-state index in [-0.39, 0.29) is 18.0 Å². The molecule has 0 saturated heterocycles. The van der Waals surface area contributed by atoms with E-state index in [1.165, 1.54) is 12.8 Å². The number of amides is 1. The Morgan fingerprint density at radius 1 is 1.21 bits per heavy atom. The van der Waals surface area contributed by atoms with E-state index in [1.807, 2.05) is 43.0 Å². The maximum Gasteiger partial charge on any atom is 0.270 e. The largest absolute Gasteiger partial charge is 0.383 e. The van der Waals surface area contributed by atoms with Crippen molar-refractivity contribution in [1.82, 2.24) is 24.8 Å². The minimum atomic E-state index is -0.193. The molecule has 0 bridgehead atoms. The Labute approximate surface area is 199 Å². The molecule has 7 heteroatoms. The second-order valence-electron chi connectivity index (χ2n) is 9.03. The van der Waals surface area contributed by atoms with Gasteiger partial charge in [0.1, 0.15) is 5.69 Å². The topological polar surface area (TPSA) is 81.9 Å². The van der Waals surface area contributed by atoms with Gasteiger partial charge in [-0.15, -0.1) is 0 Å². The quantitative estimate of drug-likeness (QED) is 0.538. The van der Waals surface area contributed by atoms with E-state index >= 15 is 0 Å². The number of carbonyl (C=O) groups is 1. The van der Waals surface area contributed by atoms with Crippen LogP contribution in [0.1, 0.15) is 60.0 Å². The van der Waals surface area contributed by atoms with Gasteiger partial charge >= 0.3 is 0 Å². The molecule has 0 aliphatic heterocycles. The highest BCUT2D eigenvalue weighted by Crippen LogP contribution is 2.39. The van der Waals surface area contributed by atoms with Crippen LogP contribution in [0.25, 0.3) is 16.7 Å². The van der Waals surface area contributed by atoms with E-state index in [4.69, 9.17) is 4.74 Å². The number of allylic oxidation sites excluding steroid dienone is 2. The van der Waals surface area contributed by atoms with Crippen molar-refractivity contribution in [3.05, 3.63) is 84.5 Å². The van der Waals surface area contributed by atoms with Crippen molar-refractivity contribution >= 4 is 11.5 Å². The van der Waals surface area contributed by atoms with E-state index in [0.717, 1.165) is 28.1 Å². The Balaban J connectivity index is 1.26. The Bertz CT molecular complexity index is 1220. The summed E-state index contributed by atoms with van der Waals surface area (Å²) in [6, 6.07) is 7.95. The lowest BCUT2D eigenvalue weighted by Crippen LogP contribution is -2.35. The van der Waals surface area contributed by atoms with Crippen molar-refractivity contribution in [1.29, 1.82) is 0 Å². The highest BCUT2D eigenvalue weighted by atomic mass is 16.5. The van der Waals surface area contributed by atoms with Crippen LogP contribution in [0, 0.1) is 0 Å². The van der Waals surface area contributed by atoms with E-state index in [9.17, 15) is 4.79 Å². The second kappa shape index (κ2) is 9.73. The van der Waals surface area contributed by atoms with Gasteiger partial charge in [-0.1, -0.05) is 24.3 Å². The SMILES string of the molecule is COC[C@H](C)n1cncc1C1=CC=CC(NC(=O)c2cc(-c3ccc(C4CC4)nc3)ccn2)C1. The third-order valence-corrected chi connectivity index (χ3v) is 6.38. The lowest BCUT2D eigenvalue weighted by atomic mass is 9.97. The molecule has 2 atom stereocenters. The average molecular weight is 456 g/mol. The maximum atomic E-state index is 13.0. The standard InChI is InChI=1S/C27H29N5O2/c1-18(16-34-2)32-17-28-15-26(32)21-4-3-5-23(12-21)31-27(33)25-13-20(10-11-29-25)22-8-9-24(30-14-22)19-6-7-19/h3-5,8-11,13-15,17-19,23H,6-7,12,16H2,1-2H3,(H,31,33)/t18-,23?/m0/s1. The number of pyridine rings is 2. The molecular formula is C27H29N5O2. The molecule has 0 spiro atoms. The number of nitrogens with zero attached hydrogens (tertiary/aromatic N) is 4. The first-order valence-electron chi connectivity index (χ1n) is 11.7. The molecule has 3 aromatic rings. The van der Waals surface area contributed by atoms with Gasteiger partial charge in [-0.25, -0.2) is 4.98 Å². The van der Waals surface area contributed by atoms with Crippen molar-refractivity contribution in [2.45, 2.75) is 44.2 Å². The lowest BCUT2D eigenvalue weighted by Gasteiger charge is -2.22. The molecule has 34 heavy (non-hydrogen) atoms. The lowest BCUT2D eigenvalue weighted by molar-refractivity contribution is 0.0940. The summed E-state index contributed by atoms with van der Waals surface area (Å²) in [4.78, 5) is 26.3. The molecule has 174 valence electrons. The molecule has 1 unspecified atom stereocenters. The van der Waals surface area contributed by atoms with Crippen LogP contribution < -0.4 is 5.32 Å². The summed E-state index contributed by atoms with van der Waals surface area (Å²) in [7, 11) is 1.70. The Kier molecular flexibility index (Phi) is 6.36. The summed E-state index contributed by atoms with van der Waals surface area (Å²) >= 11 is 0. The summed E-state index contributed by atoms with van der Waals surface area (Å²) < 4.78 is 7.42. The number of hydrogen-bond acceptors (Lipinski definition) is 5. The number of rotatable bonds is 8. The number of aromatic nitrogens is 4. The number of ether oxygens (including phenoxy) is 1. The highest BCUT2D eigenvalue weighted by molar-refractivity contribution is 5.94. The molecule has 5 rings (SSSR count). The Hall–Kier alpha value is -3.58. The number of methoxy groups -OCH3 is 1. The molecule has 0 aromatic carbocycles. The van der Waals surface area contributed by atoms with Crippen LogP contribution >= 0.6 is 0 Å². The first-order valence-corrected chi connectivity index (χ1v) is 11.7. The molecule has 7 nitrogen and oxygen atoms in total. The van der Waals surface area contributed by atoms with Gasteiger partial charge in [-0.05, 0) is 55.5 Å². The van der Waals surface area contributed by atoms with Gasteiger partial charge in [0, 0.05) is 36.7 Å². The summed E-state index contributed by atoms with van der Waals surface area (Å²) in [6.45, 7) is 2.70. The van der Waals surface area contributed by atoms with E-state index in [2.05, 4.69) is 50.0 Å². The molecule has 1 amide bonds. The zero-order valence-corrected chi connectivity index (χ0v) is 19.5. The van der Waals surface area contributed by atoms with Crippen LogP contribution in [0.4, 0.5) is 0 Å². The van der Waals surface area contributed by atoms with Gasteiger partial charge in [0.15, 0.2) is 0 Å². The molecule has 3 aromatic heterocycles. The number of hydrogen-bond donors (Lipinski definition) is 1. The minimum Gasteiger partial charge on any atom is -0.383 e. The average Bonchev–Trinajstić information content (AvgIpc) is 3.60. The van der Waals surface area contributed by atoms with Gasteiger partial charge in [0.05, 0.1) is 36.9 Å². The van der Waals surface area contributed by atoms with Gasteiger partial charge in [-0.2, -0.15) is 0 Å². The fourth-order valence-electron chi connectivity index (χ4n) is 4.37. The predicted molar refractivity (Wildman–Crippen MR) is 131 cm³/mol. The molecule has 2 aliphatic rings. The molecule has 1 saturated carbocycles. The van der Waals surface area contributed by atoms with Crippen LogP contribution in [-0.4, -0.2) is 45.2 Å². The van der Waals surface area contributed by atoms with Gasteiger partial charge in [0.2, 0.25) is 0 Å². The van der Waals surface area contributed by atoms with Crippen molar-refractivity contribution in [2.24, 2.45) is 0 Å². The van der Waals surface area contributed by atoms with Gasteiger partial charge in [0.25, 0.3) is 5.91 Å². The van der Waals surface area contributed by atoms with E-state index in [0.29, 0.717) is 24.6 Å². The molecule has 3 heterocycles. The van der Waals surface area contributed by atoms with Crippen LogP contribution in [-0.2, 0) is 4.74 Å². The summed E-state index contributed by atoms with van der Waals surface area (Å²) in [6.07, 6.45) is 16.5. The van der Waals surface area contributed by atoms with Crippen molar-refractivity contribution in [3.63, 3.8) is 0 Å². The first kappa shape index (κ1) is 22.2. The van der Waals surface area contributed by atoms with E-state index < -0.39 is 0 Å². The molecule has 1 fully saturated rings. The van der Waals surface area contributed by atoms with Crippen LogP contribution in [0.15, 0.2) is 67.4 Å². The normalized spacial score (nSPS) is 18.4. The summed E-state index contributed by atoms with van der Waals surface area (Å²) in [5.41, 5.74) is 5.63. The Morgan fingerprint density at radius 2 is 2.09 bits per heavy atom. The summed E-state index contributed by atoms with van der Waals surface area (Å²) in [5, 5.41) is 3.11. The van der Waals surface area contributed by atoms with Crippen LogP contribution in [0.2, 0.25) is 0 Å². The smallest absolute Gasteiger partial charge is 0.270 e. The van der Waals surface area contributed by atoms with Crippen LogP contribution in [0.3, 0.4) is 0 Å². The zero-order chi connectivity index (χ0) is 23.5. The Morgan fingerprint density at radius 3 is 2.85 bits per heavy atom. The molecule has 2 aliphatic carbocycles. The zero-order valence-electron chi connectivity index (χ0n) is 19.5. The molecular weight excluding hydrogens is 426 g/mol. The minimum absolute atomic E-state index is 0.126. The monoisotopic (exact) mass is 455 g/mol. The fourth-order valence-corrected chi connectivity index (χ4v) is 4.37.